The lowest BCUT2D eigenvalue weighted by Crippen LogP contribution is -2.38. The summed E-state index contributed by atoms with van der Waals surface area (Å²) in [7, 11) is 0. The van der Waals surface area contributed by atoms with Crippen LogP contribution in [0.3, 0.4) is 0 Å². The molecule has 0 spiro atoms. The normalized spacial score (nSPS) is 14.3. The fourth-order valence-corrected chi connectivity index (χ4v) is 1.73. The predicted octanol–water partition coefficient (Wildman–Crippen LogP) is 1.15. The van der Waals surface area contributed by atoms with Crippen molar-refractivity contribution in [3.63, 3.8) is 0 Å². The predicted molar refractivity (Wildman–Crippen MR) is 61.9 cm³/mol. The molecule has 0 aromatic carbocycles. The average Bonchev–Trinajstić information content (AvgIpc) is 3.08. The van der Waals surface area contributed by atoms with Crippen LogP contribution in [0.5, 0.6) is 0 Å². The second-order valence-electron chi connectivity index (χ2n) is 4.31. The van der Waals surface area contributed by atoms with Gasteiger partial charge in [-0.1, -0.05) is 5.16 Å². The van der Waals surface area contributed by atoms with Gasteiger partial charge in [-0.25, -0.2) is 0 Å². The van der Waals surface area contributed by atoms with Crippen LogP contribution < -0.4 is 0 Å². The number of amides is 1. The number of rotatable bonds is 5. The van der Waals surface area contributed by atoms with Gasteiger partial charge in [0.25, 0.3) is 5.91 Å². The number of ether oxygens (including phenoxy) is 1. The third-order valence-corrected chi connectivity index (χ3v) is 2.80. The molecule has 2 rings (SSSR count). The fourth-order valence-electron chi connectivity index (χ4n) is 1.73. The summed E-state index contributed by atoms with van der Waals surface area (Å²) in [6, 6.07) is 0.117. The van der Waals surface area contributed by atoms with Crippen LogP contribution in [0.1, 0.15) is 35.9 Å². The molecular weight excluding hydrogens is 236 g/mol. The molecule has 0 saturated heterocycles. The number of carbonyl (C=O) groups is 2. The van der Waals surface area contributed by atoms with E-state index in [1.807, 2.05) is 0 Å². The molecule has 0 atom stereocenters. The largest absolute Gasteiger partial charge is 0.465 e. The van der Waals surface area contributed by atoms with Crippen molar-refractivity contribution >= 4 is 11.9 Å². The number of esters is 1. The molecule has 1 amide bonds. The van der Waals surface area contributed by atoms with Crippen LogP contribution in [-0.2, 0) is 9.53 Å². The molecule has 1 saturated carbocycles. The lowest BCUT2D eigenvalue weighted by molar-refractivity contribution is -0.144. The Balaban J connectivity index is 2.08. The van der Waals surface area contributed by atoms with Gasteiger partial charge in [-0.05, 0) is 26.7 Å². The molecule has 1 aliphatic rings. The molecule has 98 valence electrons. The van der Waals surface area contributed by atoms with Gasteiger partial charge in [0.2, 0.25) is 5.76 Å². The highest BCUT2D eigenvalue weighted by molar-refractivity contribution is 5.95. The first-order chi connectivity index (χ1) is 8.63. The molecular formula is C12H16N2O4. The topological polar surface area (TPSA) is 72.6 Å². The van der Waals surface area contributed by atoms with E-state index in [0.29, 0.717) is 12.2 Å². The molecule has 6 nitrogen and oxygen atoms in total. The maximum atomic E-state index is 12.2. The van der Waals surface area contributed by atoms with Crippen molar-refractivity contribution in [2.75, 3.05) is 13.2 Å². The van der Waals surface area contributed by atoms with E-state index in [9.17, 15) is 9.59 Å². The molecule has 0 N–H and O–H groups in total. The minimum absolute atomic E-state index is 0.0303. The van der Waals surface area contributed by atoms with Gasteiger partial charge in [-0.3, -0.25) is 9.59 Å². The zero-order valence-electron chi connectivity index (χ0n) is 10.5. The molecule has 0 radical (unpaired) electrons. The van der Waals surface area contributed by atoms with E-state index in [-0.39, 0.29) is 24.3 Å². The molecule has 18 heavy (non-hydrogen) atoms. The molecule has 0 bridgehead atoms. The van der Waals surface area contributed by atoms with Gasteiger partial charge in [0.1, 0.15) is 6.54 Å². The molecule has 1 fully saturated rings. The molecule has 1 aliphatic carbocycles. The van der Waals surface area contributed by atoms with E-state index in [2.05, 4.69) is 5.16 Å². The van der Waals surface area contributed by atoms with Crippen molar-refractivity contribution in [3.8, 4) is 0 Å². The monoisotopic (exact) mass is 252 g/mol. The number of aromatic nitrogens is 1. The summed E-state index contributed by atoms with van der Waals surface area (Å²) in [6.45, 7) is 3.77. The number of aryl methyl sites for hydroxylation is 1. The second-order valence-corrected chi connectivity index (χ2v) is 4.31. The van der Waals surface area contributed by atoms with Crippen LogP contribution in [0.4, 0.5) is 0 Å². The van der Waals surface area contributed by atoms with E-state index < -0.39 is 5.97 Å². The van der Waals surface area contributed by atoms with E-state index in [4.69, 9.17) is 9.26 Å². The zero-order valence-corrected chi connectivity index (χ0v) is 10.5. The van der Waals surface area contributed by atoms with Gasteiger partial charge in [-0.2, -0.15) is 0 Å². The Hall–Kier alpha value is -1.85. The van der Waals surface area contributed by atoms with E-state index in [1.54, 1.807) is 13.8 Å². The first kappa shape index (κ1) is 12.6. The SMILES string of the molecule is CCOC(=O)CN(C(=O)c1oncc1C)C1CC1. The van der Waals surface area contributed by atoms with E-state index in [0.717, 1.165) is 12.8 Å². The molecule has 0 unspecified atom stereocenters. The minimum atomic E-state index is -0.394. The highest BCUT2D eigenvalue weighted by atomic mass is 16.5. The highest BCUT2D eigenvalue weighted by Gasteiger charge is 2.36. The van der Waals surface area contributed by atoms with Crippen LogP contribution in [0, 0.1) is 6.92 Å². The summed E-state index contributed by atoms with van der Waals surface area (Å²) in [5.74, 6) is -0.485. The first-order valence-corrected chi connectivity index (χ1v) is 6.01. The van der Waals surface area contributed by atoms with Crippen molar-refractivity contribution in [1.82, 2.24) is 10.1 Å². The Morgan fingerprint density at radius 3 is 2.78 bits per heavy atom. The summed E-state index contributed by atoms with van der Waals surface area (Å²) >= 11 is 0. The smallest absolute Gasteiger partial charge is 0.325 e. The number of carbonyl (C=O) groups excluding carboxylic acids is 2. The molecule has 1 heterocycles. The van der Waals surface area contributed by atoms with Crippen LogP contribution >= 0.6 is 0 Å². The Bertz CT molecular complexity index is 451. The summed E-state index contributed by atoms with van der Waals surface area (Å²) < 4.78 is 9.80. The van der Waals surface area contributed by atoms with Crippen molar-refractivity contribution in [3.05, 3.63) is 17.5 Å². The maximum absolute atomic E-state index is 12.2. The zero-order chi connectivity index (χ0) is 13.1. The van der Waals surface area contributed by atoms with Gasteiger partial charge in [-0.15, -0.1) is 0 Å². The van der Waals surface area contributed by atoms with Crippen LogP contribution in [0.25, 0.3) is 0 Å². The number of hydrogen-bond acceptors (Lipinski definition) is 5. The Morgan fingerprint density at radius 2 is 2.28 bits per heavy atom. The van der Waals surface area contributed by atoms with Gasteiger partial charge in [0, 0.05) is 11.6 Å². The van der Waals surface area contributed by atoms with Crippen molar-refractivity contribution in [2.45, 2.75) is 32.7 Å². The van der Waals surface area contributed by atoms with Crippen LogP contribution in [-0.4, -0.2) is 41.1 Å². The minimum Gasteiger partial charge on any atom is -0.465 e. The third kappa shape index (κ3) is 2.69. The molecule has 6 heteroatoms. The summed E-state index contributed by atoms with van der Waals surface area (Å²) in [6.07, 6.45) is 3.32. The Morgan fingerprint density at radius 1 is 1.56 bits per heavy atom. The van der Waals surface area contributed by atoms with Gasteiger partial charge in [0.05, 0.1) is 12.8 Å². The van der Waals surface area contributed by atoms with Crippen LogP contribution in [0.2, 0.25) is 0 Å². The van der Waals surface area contributed by atoms with Crippen molar-refractivity contribution in [2.24, 2.45) is 0 Å². The molecule has 1 aromatic heterocycles. The second kappa shape index (κ2) is 5.20. The first-order valence-electron chi connectivity index (χ1n) is 6.01. The van der Waals surface area contributed by atoms with Gasteiger partial charge in [0.15, 0.2) is 0 Å². The summed E-state index contributed by atoms with van der Waals surface area (Å²) in [4.78, 5) is 25.2. The van der Waals surface area contributed by atoms with E-state index >= 15 is 0 Å². The fraction of sp³-hybridized carbons (Fsp3) is 0.583. The summed E-state index contributed by atoms with van der Waals surface area (Å²) in [5.41, 5.74) is 0.675. The van der Waals surface area contributed by atoms with Crippen LogP contribution in [0.15, 0.2) is 10.7 Å². The van der Waals surface area contributed by atoms with Crippen molar-refractivity contribution < 1.29 is 18.8 Å². The Kier molecular flexibility index (Phi) is 3.64. The van der Waals surface area contributed by atoms with Crippen molar-refractivity contribution in [1.29, 1.82) is 0 Å². The highest BCUT2D eigenvalue weighted by Crippen LogP contribution is 2.28. The van der Waals surface area contributed by atoms with Gasteiger partial charge >= 0.3 is 5.97 Å². The summed E-state index contributed by atoms with van der Waals surface area (Å²) in [5, 5.41) is 3.58. The number of hydrogen-bond donors (Lipinski definition) is 0. The quantitative estimate of drug-likeness (QED) is 0.735. The average molecular weight is 252 g/mol. The van der Waals surface area contributed by atoms with Gasteiger partial charge < -0.3 is 14.2 Å². The lowest BCUT2D eigenvalue weighted by atomic mass is 10.2. The molecule has 0 aliphatic heterocycles. The maximum Gasteiger partial charge on any atom is 0.325 e. The lowest BCUT2D eigenvalue weighted by Gasteiger charge is -2.19. The molecule has 1 aromatic rings. The van der Waals surface area contributed by atoms with E-state index in [1.165, 1.54) is 11.1 Å². The standard InChI is InChI=1S/C12H16N2O4/c1-3-17-10(15)7-14(9-4-5-9)12(16)11-8(2)6-13-18-11/h6,9H,3-5,7H2,1-2H3. The Labute approximate surface area is 105 Å². The number of nitrogens with zero attached hydrogens (tertiary/aromatic N) is 2. The third-order valence-electron chi connectivity index (χ3n) is 2.80.